The van der Waals surface area contributed by atoms with Crippen LogP contribution in [-0.2, 0) is 11.3 Å². The van der Waals surface area contributed by atoms with Crippen molar-refractivity contribution in [1.29, 1.82) is 0 Å². The number of β-lactam (4-membered cyclic amide) rings is 1. The van der Waals surface area contributed by atoms with Gasteiger partial charge in [-0.15, -0.1) is 16.9 Å². The zero-order valence-corrected chi connectivity index (χ0v) is 19.5. The monoisotopic (exact) mass is 483 g/mol. The molecule has 10 nitrogen and oxygen atoms in total. The number of methoxy groups -OCH3 is 2. The lowest BCUT2D eigenvalue weighted by molar-refractivity contribution is -0.139. The maximum absolute atomic E-state index is 12.8. The van der Waals surface area contributed by atoms with E-state index in [1.165, 1.54) is 0 Å². The van der Waals surface area contributed by atoms with Crippen LogP contribution in [0.4, 0.5) is 0 Å². The molecule has 1 fully saturated rings. The van der Waals surface area contributed by atoms with Gasteiger partial charge < -0.3 is 15.2 Å². The van der Waals surface area contributed by atoms with Crippen molar-refractivity contribution < 1.29 is 14.3 Å². The summed E-state index contributed by atoms with van der Waals surface area (Å²) in [5.74, 6) is 2.43. The Hall–Kier alpha value is -3.09. The van der Waals surface area contributed by atoms with Gasteiger partial charge in [0, 0.05) is 39.6 Å². The van der Waals surface area contributed by atoms with Gasteiger partial charge in [-0.25, -0.2) is 4.68 Å². The number of tetrazole rings is 1. The van der Waals surface area contributed by atoms with Crippen LogP contribution < -0.4 is 15.2 Å². The molecule has 1 saturated heterocycles. The van der Waals surface area contributed by atoms with Crippen LogP contribution in [0.5, 0.6) is 11.5 Å². The summed E-state index contributed by atoms with van der Waals surface area (Å²) < 4.78 is 12.5. The summed E-state index contributed by atoms with van der Waals surface area (Å²) in [6.07, 6.45) is 3.48. The average molecular weight is 484 g/mol. The number of carbonyl (C=O) groups excluding carboxylic acids is 1. The second-order valence-corrected chi connectivity index (χ2v) is 9.60. The summed E-state index contributed by atoms with van der Waals surface area (Å²) >= 11 is 3.22. The Morgan fingerprint density at radius 1 is 1.21 bits per heavy atom. The van der Waals surface area contributed by atoms with Gasteiger partial charge >= 0.3 is 0 Å². The van der Waals surface area contributed by atoms with E-state index in [2.05, 4.69) is 20.5 Å². The number of aromatic nitrogens is 5. The molecule has 0 aliphatic carbocycles. The third-order valence-corrected chi connectivity index (χ3v) is 8.00. The minimum absolute atomic E-state index is 0.130. The highest BCUT2D eigenvalue weighted by atomic mass is 32.2. The lowest BCUT2D eigenvalue weighted by Gasteiger charge is -2.48. The summed E-state index contributed by atoms with van der Waals surface area (Å²) in [6, 6.07) is 8.92. The SMILES string of the molecule is COc1ccc(Cn2nnnc2C2=C(Sc3ccncc3)CS[C@@H]3[C@H](N)C(=O)N23)c(OC)c1. The van der Waals surface area contributed by atoms with Gasteiger partial charge in [0.1, 0.15) is 28.6 Å². The summed E-state index contributed by atoms with van der Waals surface area (Å²) in [7, 11) is 3.21. The normalized spacial score (nSPS) is 19.8. The Morgan fingerprint density at radius 2 is 2.03 bits per heavy atom. The van der Waals surface area contributed by atoms with E-state index < -0.39 is 6.04 Å². The van der Waals surface area contributed by atoms with Gasteiger partial charge in [-0.1, -0.05) is 11.8 Å². The van der Waals surface area contributed by atoms with E-state index in [9.17, 15) is 4.79 Å². The molecule has 33 heavy (non-hydrogen) atoms. The van der Waals surface area contributed by atoms with Crippen LogP contribution in [0, 0.1) is 0 Å². The van der Waals surface area contributed by atoms with E-state index >= 15 is 0 Å². The smallest absolute Gasteiger partial charge is 0.248 e. The van der Waals surface area contributed by atoms with E-state index in [4.69, 9.17) is 15.2 Å². The van der Waals surface area contributed by atoms with Gasteiger partial charge in [0.2, 0.25) is 5.91 Å². The molecule has 3 aromatic rings. The molecule has 2 N–H and O–H groups in total. The number of thioether (sulfide) groups is 2. The third-order valence-electron chi connectivity index (χ3n) is 5.42. The molecule has 2 aliphatic rings. The van der Waals surface area contributed by atoms with Gasteiger partial charge in [0.25, 0.3) is 0 Å². The van der Waals surface area contributed by atoms with Crippen LogP contribution in [-0.4, -0.2) is 67.4 Å². The predicted molar refractivity (Wildman–Crippen MR) is 125 cm³/mol. The number of carbonyl (C=O) groups is 1. The molecule has 0 saturated carbocycles. The van der Waals surface area contributed by atoms with Crippen molar-refractivity contribution in [3.05, 3.63) is 59.0 Å². The first-order valence-electron chi connectivity index (χ1n) is 10.1. The maximum atomic E-state index is 12.8. The lowest BCUT2D eigenvalue weighted by Crippen LogP contribution is -2.67. The molecular formula is C21H21N7O3S2. The van der Waals surface area contributed by atoms with E-state index in [-0.39, 0.29) is 11.3 Å². The summed E-state index contributed by atoms with van der Waals surface area (Å²) in [4.78, 5) is 20.6. The Balaban J connectivity index is 1.55. The van der Waals surface area contributed by atoms with Gasteiger partial charge in [-0.05, 0) is 34.7 Å². The van der Waals surface area contributed by atoms with E-state index in [0.717, 1.165) is 15.4 Å². The van der Waals surface area contributed by atoms with Crippen molar-refractivity contribution in [2.24, 2.45) is 5.73 Å². The molecule has 0 bridgehead atoms. The molecule has 2 atom stereocenters. The predicted octanol–water partition coefficient (Wildman–Crippen LogP) is 1.84. The molecule has 170 valence electrons. The van der Waals surface area contributed by atoms with Crippen molar-refractivity contribution in [2.45, 2.75) is 22.9 Å². The fourth-order valence-electron chi connectivity index (χ4n) is 3.75. The third kappa shape index (κ3) is 3.94. The fraction of sp³-hybridized carbons (Fsp3) is 0.286. The average Bonchev–Trinajstić information content (AvgIpc) is 3.31. The number of benzene rings is 1. The van der Waals surface area contributed by atoms with Crippen LogP contribution in [0.2, 0.25) is 0 Å². The Morgan fingerprint density at radius 3 is 2.79 bits per heavy atom. The Bertz CT molecular complexity index is 1220. The van der Waals surface area contributed by atoms with Crippen LogP contribution in [0.3, 0.4) is 0 Å². The summed E-state index contributed by atoms with van der Waals surface area (Å²) in [5.41, 5.74) is 7.66. The van der Waals surface area contributed by atoms with Crippen LogP contribution in [0.1, 0.15) is 11.4 Å². The molecule has 5 rings (SSSR count). The highest BCUT2D eigenvalue weighted by Gasteiger charge is 2.51. The minimum Gasteiger partial charge on any atom is -0.497 e. The van der Waals surface area contributed by atoms with Crippen molar-refractivity contribution in [1.82, 2.24) is 30.1 Å². The maximum Gasteiger partial charge on any atom is 0.248 e. The van der Waals surface area contributed by atoms with Gasteiger partial charge in [0.15, 0.2) is 5.82 Å². The van der Waals surface area contributed by atoms with Gasteiger partial charge in [-0.3, -0.25) is 14.7 Å². The van der Waals surface area contributed by atoms with Crippen molar-refractivity contribution in [2.75, 3.05) is 20.0 Å². The molecule has 1 amide bonds. The molecule has 4 heterocycles. The molecule has 0 unspecified atom stereocenters. The number of nitrogens with two attached hydrogens (primary N) is 1. The number of hydrogen-bond donors (Lipinski definition) is 1. The van der Waals surface area contributed by atoms with Crippen molar-refractivity contribution >= 4 is 35.1 Å². The molecule has 1 aromatic carbocycles. The molecule has 2 aliphatic heterocycles. The highest BCUT2D eigenvalue weighted by molar-refractivity contribution is 8.06. The lowest BCUT2D eigenvalue weighted by atomic mass is 10.1. The fourth-order valence-corrected chi connectivity index (χ4v) is 6.16. The quantitative estimate of drug-likeness (QED) is 0.498. The first-order valence-corrected chi connectivity index (χ1v) is 12.0. The van der Waals surface area contributed by atoms with Crippen LogP contribution in [0.15, 0.2) is 52.5 Å². The first-order chi connectivity index (χ1) is 16.1. The Kier molecular flexibility index (Phi) is 5.96. The van der Waals surface area contributed by atoms with Crippen molar-refractivity contribution in [3.8, 4) is 11.5 Å². The van der Waals surface area contributed by atoms with E-state index in [1.807, 2.05) is 30.3 Å². The molecular weight excluding hydrogens is 462 g/mol. The molecule has 2 aromatic heterocycles. The number of pyridine rings is 1. The zero-order valence-electron chi connectivity index (χ0n) is 17.9. The largest absolute Gasteiger partial charge is 0.497 e. The molecule has 12 heteroatoms. The summed E-state index contributed by atoms with van der Waals surface area (Å²) in [5, 5.41) is 12.3. The topological polar surface area (TPSA) is 121 Å². The number of ether oxygens (including phenoxy) is 2. The standard InChI is InChI=1S/C21H21N7O3S2/c1-30-13-4-3-12(15(9-13)31-2)10-27-19(24-25-26-27)18-16(33-14-5-7-23-8-6-14)11-32-21-17(22)20(29)28(18)21/h3-9,17,21H,10-11,22H2,1-2H3/t17-,21-/m1/s1. The number of amides is 1. The second-order valence-electron chi connectivity index (χ2n) is 7.33. The van der Waals surface area contributed by atoms with Gasteiger partial charge in [0.05, 0.1) is 20.8 Å². The van der Waals surface area contributed by atoms with Crippen molar-refractivity contribution in [3.63, 3.8) is 0 Å². The summed E-state index contributed by atoms with van der Waals surface area (Å²) in [6.45, 7) is 0.359. The zero-order chi connectivity index (χ0) is 22.9. The van der Waals surface area contributed by atoms with Gasteiger partial charge in [-0.2, -0.15) is 0 Å². The highest BCUT2D eigenvalue weighted by Crippen LogP contribution is 2.47. The first kappa shape index (κ1) is 21.7. The van der Waals surface area contributed by atoms with Crippen LogP contribution >= 0.6 is 23.5 Å². The second kappa shape index (κ2) is 9.04. The number of rotatable bonds is 7. The Labute approximate surface area is 198 Å². The number of hydrogen-bond acceptors (Lipinski definition) is 10. The van der Waals surface area contributed by atoms with Crippen LogP contribution in [0.25, 0.3) is 5.70 Å². The molecule has 0 radical (unpaired) electrons. The molecule has 0 spiro atoms. The van der Waals surface area contributed by atoms with E-state index in [1.54, 1.807) is 59.7 Å². The minimum atomic E-state index is -0.525. The number of fused-ring (bicyclic) bond motifs is 1. The number of nitrogens with zero attached hydrogens (tertiary/aromatic N) is 6. The van der Waals surface area contributed by atoms with E-state index in [0.29, 0.717) is 35.3 Å².